The number of nitrogens with zero attached hydrogens (tertiary/aromatic N) is 2. The number of benzene rings is 3. The predicted molar refractivity (Wildman–Crippen MR) is 114 cm³/mol. The Bertz CT molecular complexity index is 1370. The molecule has 0 aromatic heterocycles. The van der Waals surface area contributed by atoms with E-state index >= 15 is 0 Å². The van der Waals surface area contributed by atoms with E-state index in [0.29, 0.717) is 17.2 Å². The second-order valence-electron chi connectivity index (χ2n) is 8.54. The van der Waals surface area contributed by atoms with Crippen LogP contribution in [0.25, 0.3) is 0 Å². The molecule has 4 aliphatic rings. The van der Waals surface area contributed by atoms with Gasteiger partial charge in [0.2, 0.25) is 11.8 Å². The smallest absolute Gasteiger partial charge is 0.296 e. The van der Waals surface area contributed by atoms with Crippen LogP contribution in [-0.4, -0.2) is 23.0 Å². The second kappa shape index (κ2) is 6.41. The first kappa shape index (κ1) is 19.5. The first-order chi connectivity index (χ1) is 15.9. The third-order valence-electron chi connectivity index (χ3n) is 7.24. The van der Waals surface area contributed by atoms with Crippen molar-refractivity contribution in [2.45, 2.75) is 11.3 Å². The van der Waals surface area contributed by atoms with Gasteiger partial charge in [0.25, 0.3) is 5.69 Å². The first-order valence-corrected chi connectivity index (χ1v) is 10.4. The van der Waals surface area contributed by atoms with Gasteiger partial charge in [0.05, 0.1) is 28.2 Å². The van der Waals surface area contributed by atoms with Gasteiger partial charge in [-0.3, -0.25) is 19.7 Å². The Balaban J connectivity index is 1.64. The number of hydrogen-bond acceptors (Lipinski definition) is 5. The Morgan fingerprint density at radius 3 is 2.12 bits per heavy atom. The maximum Gasteiger partial charge on any atom is 0.296 e. The summed E-state index contributed by atoms with van der Waals surface area (Å²) >= 11 is 0. The van der Waals surface area contributed by atoms with E-state index in [1.54, 1.807) is 24.3 Å². The van der Waals surface area contributed by atoms with Crippen molar-refractivity contribution < 1.29 is 23.7 Å². The van der Waals surface area contributed by atoms with Gasteiger partial charge in [-0.05, 0) is 34.4 Å². The zero-order chi connectivity index (χ0) is 23.1. The number of nitro groups is 1. The Kier molecular flexibility index (Phi) is 3.79. The van der Waals surface area contributed by atoms with Crippen LogP contribution < -0.4 is 4.90 Å². The Hall–Kier alpha value is -4.20. The molecule has 3 aromatic rings. The van der Waals surface area contributed by atoms with Crippen LogP contribution in [0.2, 0.25) is 0 Å². The van der Waals surface area contributed by atoms with Crippen molar-refractivity contribution in [2.24, 2.45) is 11.8 Å². The van der Waals surface area contributed by atoms with Crippen molar-refractivity contribution in [3.05, 3.63) is 105 Å². The fourth-order valence-corrected chi connectivity index (χ4v) is 6.10. The molecule has 0 radical (unpaired) electrons. The summed E-state index contributed by atoms with van der Waals surface area (Å²) in [5, 5.41) is 11.6. The number of hydrogen-bond donors (Lipinski definition) is 0. The number of imide groups is 1. The van der Waals surface area contributed by atoms with Crippen molar-refractivity contribution in [3.63, 3.8) is 0 Å². The van der Waals surface area contributed by atoms with E-state index < -0.39 is 51.4 Å². The van der Waals surface area contributed by atoms with Gasteiger partial charge in [0.1, 0.15) is 17.8 Å². The molecule has 0 unspecified atom stereocenters. The number of anilines is 1. The predicted octanol–water partition coefficient (Wildman–Crippen LogP) is 3.48. The van der Waals surface area contributed by atoms with Crippen LogP contribution in [-0.2, 0) is 19.8 Å². The molecule has 1 fully saturated rings. The quantitative estimate of drug-likeness (QED) is 0.268. The van der Waals surface area contributed by atoms with E-state index in [-0.39, 0.29) is 5.69 Å². The number of nitro benzene ring substituents is 1. The molecule has 3 aromatic carbocycles. The average molecular weight is 442 g/mol. The van der Waals surface area contributed by atoms with Crippen LogP contribution in [0.3, 0.4) is 0 Å². The molecule has 1 saturated heterocycles. The van der Waals surface area contributed by atoms with E-state index in [4.69, 9.17) is 0 Å². The highest BCUT2D eigenvalue weighted by atomic mass is 19.1. The summed E-state index contributed by atoms with van der Waals surface area (Å²) < 4.78 is 13.8. The summed E-state index contributed by atoms with van der Waals surface area (Å²) in [6.07, 6.45) is 0.728. The van der Waals surface area contributed by atoms with Crippen LogP contribution in [0.15, 0.2) is 66.7 Å². The minimum Gasteiger partial charge on any atom is -0.302 e. The molecule has 0 spiro atoms. The molecule has 33 heavy (non-hydrogen) atoms. The molecule has 1 heterocycles. The van der Waals surface area contributed by atoms with Crippen LogP contribution in [0.4, 0.5) is 15.8 Å². The molecule has 2 bridgehead atoms. The number of aldehydes is 1. The lowest BCUT2D eigenvalue weighted by atomic mass is 9.48. The largest absolute Gasteiger partial charge is 0.302 e. The van der Waals surface area contributed by atoms with Gasteiger partial charge < -0.3 is 4.79 Å². The van der Waals surface area contributed by atoms with Crippen LogP contribution in [0, 0.1) is 27.8 Å². The summed E-state index contributed by atoms with van der Waals surface area (Å²) in [6, 6.07) is 17.2. The zero-order valence-corrected chi connectivity index (χ0v) is 17.0. The third kappa shape index (κ3) is 2.20. The maximum atomic E-state index is 13.8. The van der Waals surface area contributed by atoms with E-state index in [0.717, 1.165) is 34.4 Å². The fraction of sp³-hybridized carbons (Fsp3) is 0.160. The maximum absolute atomic E-state index is 13.8. The van der Waals surface area contributed by atoms with Gasteiger partial charge in [-0.15, -0.1) is 0 Å². The lowest BCUT2D eigenvalue weighted by Gasteiger charge is -2.51. The highest BCUT2D eigenvalue weighted by Gasteiger charge is 2.68. The van der Waals surface area contributed by atoms with Crippen molar-refractivity contribution in [3.8, 4) is 0 Å². The van der Waals surface area contributed by atoms with Crippen LogP contribution in [0.1, 0.15) is 28.2 Å². The SMILES string of the molecule is O=CC12c3ccccc3C(c3ccccc31)[C@H]1C(=O)N(c3ccc(F)cc3[N+](=O)[O-])C(=O)[C@@H]12. The standard InChI is InChI=1S/C25H15FN2O5/c26-13-9-10-18(19(11-13)28(32)33)27-23(30)21-20-14-5-1-3-7-16(14)25(12-29,22(21)24(27)31)17-8-4-2-6-15(17)20/h1-12,20-22H/t20?,21-,22-,25?/m1/s1. The topological polar surface area (TPSA) is 97.6 Å². The van der Waals surface area contributed by atoms with Crippen molar-refractivity contribution in [1.29, 1.82) is 0 Å². The lowest BCUT2D eigenvalue weighted by Crippen LogP contribution is -2.54. The normalized spacial score (nSPS) is 26.6. The number of halogens is 1. The number of carbonyl (C=O) groups excluding carboxylic acids is 3. The van der Waals surface area contributed by atoms with Gasteiger partial charge in [-0.2, -0.15) is 0 Å². The van der Waals surface area contributed by atoms with Gasteiger partial charge in [0, 0.05) is 5.92 Å². The summed E-state index contributed by atoms with van der Waals surface area (Å²) in [5.41, 5.74) is 0.547. The minimum atomic E-state index is -1.40. The summed E-state index contributed by atoms with van der Waals surface area (Å²) in [5.74, 6) is -4.61. The summed E-state index contributed by atoms with van der Waals surface area (Å²) in [4.78, 5) is 52.0. The Morgan fingerprint density at radius 2 is 1.55 bits per heavy atom. The first-order valence-electron chi connectivity index (χ1n) is 10.4. The molecule has 2 amide bonds. The van der Waals surface area contributed by atoms with Crippen molar-refractivity contribution in [1.82, 2.24) is 0 Å². The minimum absolute atomic E-state index is 0.292. The van der Waals surface area contributed by atoms with E-state index in [1.807, 2.05) is 24.3 Å². The molecule has 0 saturated carbocycles. The van der Waals surface area contributed by atoms with Gasteiger partial charge in [-0.25, -0.2) is 9.29 Å². The highest BCUT2D eigenvalue weighted by molar-refractivity contribution is 6.25. The van der Waals surface area contributed by atoms with Gasteiger partial charge in [-0.1, -0.05) is 48.5 Å². The summed E-state index contributed by atoms with van der Waals surface area (Å²) in [7, 11) is 0. The van der Waals surface area contributed by atoms with Gasteiger partial charge in [0.15, 0.2) is 0 Å². The van der Waals surface area contributed by atoms with Gasteiger partial charge >= 0.3 is 0 Å². The molecule has 8 heteroatoms. The number of amides is 2. The number of rotatable bonds is 3. The van der Waals surface area contributed by atoms with Crippen LogP contribution >= 0.6 is 0 Å². The van der Waals surface area contributed by atoms with E-state index in [2.05, 4.69) is 0 Å². The second-order valence-corrected chi connectivity index (χ2v) is 8.54. The fourth-order valence-electron chi connectivity index (χ4n) is 6.10. The molecule has 2 atom stereocenters. The molecule has 162 valence electrons. The molecule has 3 aliphatic carbocycles. The van der Waals surface area contributed by atoms with Crippen molar-refractivity contribution >= 4 is 29.5 Å². The van der Waals surface area contributed by atoms with E-state index in [9.17, 15) is 28.9 Å². The highest BCUT2D eigenvalue weighted by Crippen LogP contribution is 2.63. The average Bonchev–Trinajstić information content (AvgIpc) is 3.10. The van der Waals surface area contributed by atoms with Crippen LogP contribution in [0.5, 0.6) is 0 Å². The lowest BCUT2D eigenvalue weighted by molar-refractivity contribution is -0.384. The number of carbonyl (C=O) groups is 3. The Labute approximate surface area is 186 Å². The monoisotopic (exact) mass is 442 g/mol. The molecule has 7 rings (SSSR count). The summed E-state index contributed by atoms with van der Waals surface area (Å²) in [6.45, 7) is 0. The third-order valence-corrected chi connectivity index (χ3v) is 7.24. The Morgan fingerprint density at radius 1 is 0.939 bits per heavy atom. The molecule has 1 aliphatic heterocycles. The molecule has 7 nitrogen and oxygen atoms in total. The molecular formula is C25H15FN2O5. The molecular weight excluding hydrogens is 427 g/mol. The molecule has 0 N–H and O–H groups in total. The van der Waals surface area contributed by atoms with Crippen molar-refractivity contribution in [2.75, 3.05) is 4.90 Å². The van der Waals surface area contributed by atoms with E-state index in [1.165, 1.54) is 0 Å². The zero-order valence-electron chi connectivity index (χ0n) is 17.0.